The second-order valence-electron chi connectivity index (χ2n) is 4.16. The van der Waals surface area contributed by atoms with Crippen LogP contribution in [0.2, 0.25) is 0 Å². The number of unbranched alkanes of at least 4 members (excludes halogenated alkanes) is 1. The largest absolute Gasteiger partial charge is 0.314 e. The van der Waals surface area contributed by atoms with Crippen LogP contribution in [-0.2, 0) is 6.42 Å². The molecule has 1 aromatic rings. The van der Waals surface area contributed by atoms with Crippen LogP contribution in [-0.4, -0.2) is 12.6 Å². The van der Waals surface area contributed by atoms with Gasteiger partial charge in [-0.1, -0.05) is 19.4 Å². The monoisotopic (exact) mass is 287 g/mol. The molecule has 0 fully saturated rings. The summed E-state index contributed by atoms with van der Waals surface area (Å²) in [6, 6.07) is 5.73. The van der Waals surface area contributed by atoms with Crippen LogP contribution < -0.4 is 5.32 Å². The van der Waals surface area contributed by atoms with Gasteiger partial charge in [0.15, 0.2) is 0 Å². The van der Waals surface area contributed by atoms with Crippen molar-refractivity contribution < 1.29 is 4.39 Å². The van der Waals surface area contributed by atoms with E-state index in [-0.39, 0.29) is 5.82 Å². The highest BCUT2D eigenvalue weighted by molar-refractivity contribution is 9.10. The molecule has 0 aliphatic rings. The second-order valence-corrected chi connectivity index (χ2v) is 5.02. The van der Waals surface area contributed by atoms with Crippen LogP contribution in [0, 0.1) is 5.82 Å². The van der Waals surface area contributed by atoms with Crippen molar-refractivity contribution in [3.05, 3.63) is 34.1 Å². The van der Waals surface area contributed by atoms with Crippen LogP contribution in [0.4, 0.5) is 4.39 Å². The maximum Gasteiger partial charge on any atom is 0.137 e. The Bertz CT molecular complexity index is 328. The van der Waals surface area contributed by atoms with Crippen molar-refractivity contribution in [3.63, 3.8) is 0 Å². The van der Waals surface area contributed by atoms with E-state index in [2.05, 4.69) is 35.1 Å². The Balaban J connectivity index is 2.43. The van der Waals surface area contributed by atoms with E-state index in [0.717, 1.165) is 18.5 Å². The predicted molar refractivity (Wildman–Crippen MR) is 70.2 cm³/mol. The molecule has 90 valence electrons. The van der Waals surface area contributed by atoms with Crippen molar-refractivity contribution in [1.29, 1.82) is 0 Å². The first-order valence-corrected chi connectivity index (χ1v) is 6.60. The Morgan fingerprint density at radius 1 is 1.44 bits per heavy atom. The molecule has 0 aliphatic heterocycles. The lowest BCUT2D eigenvalue weighted by Gasteiger charge is -2.13. The van der Waals surface area contributed by atoms with Gasteiger partial charge >= 0.3 is 0 Å². The van der Waals surface area contributed by atoms with Crippen LogP contribution >= 0.6 is 15.9 Å². The van der Waals surface area contributed by atoms with E-state index in [9.17, 15) is 4.39 Å². The molecule has 1 aromatic carbocycles. The van der Waals surface area contributed by atoms with Gasteiger partial charge in [0, 0.05) is 6.04 Å². The summed E-state index contributed by atoms with van der Waals surface area (Å²) in [7, 11) is 0. The fraction of sp³-hybridized carbons (Fsp3) is 0.538. The lowest BCUT2D eigenvalue weighted by molar-refractivity contribution is 0.529. The fourth-order valence-electron chi connectivity index (χ4n) is 1.62. The third-order valence-corrected chi connectivity index (χ3v) is 3.19. The zero-order valence-electron chi connectivity index (χ0n) is 9.89. The molecular weight excluding hydrogens is 269 g/mol. The maximum absolute atomic E-state index is 13.3. The van der Waals surface area contributed by atoms with Crippen molar-refractivity contribution in [1.82, 2.24) is 5.32 Å². The van der Waals surface area contributed by atoms with E-state index in [0.29, 0.717) is 10.5 Å². The molecule has 0 aromatic heterocycles. The molecule has 0 bridgehead atoms. The molecule has 0 radical (unpaired) electrons. The molecule has 0 saturated heterocycles. The van der Waals surface area contributed by atoms with Gasteiger partial charge in [-0.2, -0.15) is 0 Å². The Morgan fingerprint density at radius 2 is 2.19 bits per heavy atom. The van der Waals surface area contributed by atoms with Gasteiger partial charge in [0.1, 0.15) is 5.82 Å². The summed E-state index contributed by atoms with van der Waals surface area (Å²) >= 11 is 3.16. The van der Waals surface area contributed by atoms with Gasteiger partial charge < -0.3 is 5.32 Å². The van der Waals surface area contributed by atoms with E-state index in [1.165, 1.54) is 12.8 Å². The Labute approximate surface area is 106 Å². The normalized spacial score (nSPS) is 12.8. The predicted octanol–water partition coefficient (Wildman–Crippen LogP) is 3.91. The smallest absolute Gasteiger partial charge is 0.137 e. The molecule has 1 nitrogen and oxygen atoms in total. The van der Waals surface area contributed by atoms with E-state index in [1.807, 2.05) is 6.07 Å². The van der Waals surface area contributed by atoms with Crippen LogP contribution in [0.15, 0.2) is 22.7 Å². The lowest BCUT2D eigenvalue weighted by atomic mass is 10.1. The van der Waals surface area contributed by atoms with Gasteiger partial charge in [-0.05, 0) is 59.9 Å². The van der Waals surface area contributed by atoms with E-state index in [4.69, 9.17) is 0 Å². The third-order valence-electron chi connectivity index (χ3n) is 2.55. The average Bonchev–Trinajstić information content (AvgIpc) is 2.24. The van der Waals surface area contributed by atoms with Crippen LogP contribution in [0.5, 0.6) is 0 Å². The number of rotatable bonds is 6. The molecule has 0 amide bonds. The highest BCUT2D eigenvalue weighted by atomic mass is 79.9. The summed E-state index contributed by atoms with van der Waals surface area (Å²) in [5.74, 6) is -0.182. The standard InChI is InChI=1S/C13H19BrFN/c1-3-4-7-16-10(2)8-11-5-6-12(14)13(15)9-11/h5-6,9-10,16H,3-4,7-8H2,1-2H3. The number of hydrogen-bond acceptors (Lipinski definition) is 1. The summed E-state index contributed by atoms with van der Waals surface area (Å²) in [5, 5.41) is 3.43. The van der Waals surface area contributed by atoms with E-state index < -0.39 is 0 Å². The zero-order chi connectivity index (χ0) is 12.0. The van der Waals surface area contributed by atoms with Crippen molar-refractivity contribution >= 4 is 15.9 Å². The van der Waals surface area contributed by atoms with Gasteiger partial charge in [0.05, 0.1) is 4.47 Å². The quantitative estimate of drug-likeness (QED) is 0.783. The summed E-state index contributed by atoms with van der Waals surface area (Å²) in [5.41, 5.74) is 1.04. The lowest BCUT2D eigenvalue weighted by Crippen LogP contribution is -2.28. The SMILES string of the molecule is CCCCNC(C)Cc1ccc(Br)c(F)c1. The van der Waals surface area contributed by atoms with Gasteiger partial charge in [0.25, 0.3) is 0 Å². The highest BCUT2D eigenvalue weighted by Gasteiger charge is 2.05. The first kappa shape index (κ1) is 13.7. The Morgan fingerprint density at radius 3 is 2.81 bits per heavy atom. The minimum absolute atomic E-state index is 0.182. The summed E-state index contributed by atoms with van der Waals surface area (Å²) < 4.78 is 13.8. The maximum atomic E-state index is 13.3. The summed E-state index contributed by atoms with van der Waals surface area (Å²) in [4.78, 5) is 0. The average molecular weight is 288 g/mol. The number of nitrogens with one attached hydrogen (secondary N) is 1. The van der Waals surface area contributed by atoms with Crippen molar-refractivity contribution in [2.24, 2.45) is 0 Å². The molecule has 0 spiro atoms. The van der Waals surface area contributed by atoms with Crippen LogP contribution in [0.25, 0.3) is 0 Å². The fourth-order valence-corrected chi connectivity index (χ4v) is 1.86. The zero-order valence-corrected chi connectivity index (χ0v) is 11.5. The first-order valence-electron chi connectivity index (χ1n) is 5.80. The number of hydrogen-bond donors (Lipinski definition) is 1. The Kier molecular flexibility index (Phi) is 5.99. The molecule has 1 unspecified atom stereocenters. The first-order chi connectivity index (χ1) is 7.63. The molecule has 3 heteroatoms. The molecule has 0 heterocycles. The van der Waals surface area contributed by atoms with Crippen molar-refractivity contribution in [3.8, 4) is 0 Å². The molecule has 16 heavy (non-hydrogen) atoms. The highest BCUT2D eigenvalue weighted by Crippen LogP contribution is 2.17. The molecule has 1 rings (SSSR count). The number of halogens is 2. The van der Waals surface area contributed by atoms with Gasteiger partial charge in [-0.3, -0.25) is 0 Å². The molecule has 0 saturated carbocycles. The topological polar surface area (TPSA) is 12.0 Å². The second kappa shape index (κ2) is 7.02. The molecule has 1 atom stereocenters. The van der Waals surface area contributed by atoms with Crippen molar-refractivity contribution in [2.45, 2.75) is 39.2 Å². The van der Waals surface area contributed by atoms with Crippen molar-refractivity contribution in [2.75, 3.05) is 6.54 Å². The van der Waals surface area contributed by atoms with Crippen LogP contribution in [0.3, 0.4) is 0 Å². The molecule has 0 aliphatic carbocycles. The number of benzene rings is 1. The minimum Gasteiger partial charge on any atom is -0.314 e. The minimum atomic E-state index is -0.182. The van der Waals surface area contributed by atoms with Crippen LogP contribution in [0.1, 0.15) is 32.3 Å². The molecule has 1 N–H and O–H groups in total. The van der Waals surface area contributed by atoms with Gasteiger partial charge in [-0.15, -0.1) is 0 Å². The molecular formula is C13H19BrFN. The van der Waals surface area contributed by atoms with Gasteiger partial charge in [0.2, 0.25) is 0 Å². The third kappa shape index (κ3) is 4.62. The Hall–Kier alpha value is -0.410. The van der Waals surface area contributed by atoms with E-state index in [1.54, 1.807) is 12.1 Å². The summed E-state index contributed by atoms with van der Waals surface area (Å²) in [6.45, 7) is 5.35. The van der Waals surface area contributed by atoms with E-state index >= 15 is 0 Å². The summed E-state index contributed by atoms with van der Waals surface area (Å²) in [6.07, 6.45) is 3.26. The van der Waals surface area contributed by atoms with Gasteiger partial charge in [-0.25, -0.2) is 4.39 Å².